The first-order chi connectivity index (χ1) is 15.4. The Hall–Kier alpha value is -2.72. The second-order valence-corrected chi connectivity index (χ2v) is 8.36. The van der Waals surface area contributed by atoms with Gasteiger partial charge in [0, 0.05) is 32.7 Å². The molecule has 2 aromatic rings. The molecule has 1 aromatic heterocycles. The van der Waals surface area contributed by atoms with Gasteiger partial charge in [0.25, 0.3) is 5.91 Å². The first-order valence-electron chi connectivity index (χ1n) is 10.4. The minimum Gasteiger partial charge on any atom is -0.490 e. The zero-order valence-electron chi connectivity index (χ0n) is 18.1. The molecule has 2 heterocycles. The van der Waals surface area contributed by atoms with E-state index in [-0.39, 0.29) is 29.9 Å². The maximum absolute atomic E-state index is 12.7. The number of piperazine rings is 1. The highest BCUT2D eigenvalue weighted by atomic mass is 32.1. The number of hydrogen-bond acceptors (Lipinski definition) is 6. The molecule has 0 unspecified atom stereocenters. The molecule has 0 N–H and O–H groups in total. The molecule has 32 heavy (non-hydrogen) atoms. The summed E-state index contributed by atoms with van der Waals surface area (Å²) in [6.07, 6.45) is 0. The van der Waals surface area contributed by atoms with Gasteiger partial charge in [-0.3, -0.25) is 14.5 Å². The van der Waals surface area contributed by atoms with Gasteiger partial charge in [0.15, 0.2) is 11.5 Å². The SMILES string of the molecule is CCOc1cc(CN(C)CC(=O)N2CCN(C(=O)c3cccs3)CC2)ccc1OC(F)F. The summed E-state index contributed by atoms with van der Waals surface area (Å²) in [5, 5.41) is 1.87. The quantitative estimate of drug-likeness (QED) is 0.567. The average Bonchev–Trinajstić information content (AvgIpc) is 3.30. The summed E-state index contributed by atoms with van der Waals surface area (Å²) >= 11 is 1.42. The molecule has 0 spiro atoms. The third-order valence-electron chi connectivity index (χ3n) is 5.03. The molecule has 0 atom stereocenters. The fourth-order valence-corrected chi connectivity index (χ4v) is 4.22. The molecule has 0 aliphatic carbocycles. The number of rotatable bonds is 9. The van der Waals surface area contributed by atoms with Crippen LogP contribution in [-0.4, -0.2) is 79.5 Å². The third kappa shape index (κ3) is 6.39. The van der Waals surface area contributed by atoms with Crippen molar-refractivity contribution in [3.05, 3.63) is 46.2 Å². The zero-order valence-corrected chi connectivity index (χ0v) is 18.9. The Morgan fingerprint density at radius 1 is 1.12 bits per heavy atom. The van der Waals surface area contributed by atoms with E-state index in [1.165, 1.54) is 17.4 Å². The van der Waals surface area contributed by atoms with E-state index in [1.54, 1.807) is 28.9 Å². The Morgan fingerprint density at radius 3 is 2.47 bits per heavy atom. The lowest BCUT2D eigenvalue weighted by Gasteiger charge is -2.35. The van der Waals surface area contributed by atoms with Gasteiger partial charge in [0.05, 0.1) is 18.0 Å². The van der Waals surface area contributed by atoms with E-state index in [0.29, 0.717) is 44.2 Å². The fraction of sp³-hybridized carbons (Fsp3) is 0.455. The van der Waals surface area contributed by atoms with Gasteiger partial charge < -0.3 is 19.3 Å². The van der Waals surface area contributed by atoms with Gasteiger partial charge in [-0.2, -0.15) is 8.78 Å². The lowest BCUT2D eigenvalue weighted by molar-refractivity contribution is -0.133. The van der Waals surface area contributed by atoms with E-state index in [2.05, 4.69) is 4.74 Å². The first kappa shape index (κ1) is 23.9. The van der Waals surface area contributed by atoms with E-state index >= 15 is 0 Å². The van der Waals surface area contributed by atoms with E-state index < -0.39 is 6.61 Å². The third-order valence-corrected chi connectivity index (χ3v) is 5.89. The maximum atomic E-state index is 12.7. The molecule has 1 aliphatic heterocycles. The monoisotopic (exact) mass is 467 g/mol. The molecule has 10 heteroatoms. The van der Waals surface area contributed by atoms with Crippen LogP contribution in [0, 0.1) is 0 Å². The Bertz CT molecular complexity index is 903. The molecule has 1 aromatic carbocycles. The molecule has 1 aliphatic rings. The lowest BCUT2D eigenvalue weighted by Crippen LogP contribution is -2.52. The number of hydrogen-bond donors (Lipinski definition) is 0. The van der Waals surface area contributed by atoms with Crippen LogP contribution in [0.15, 0.2) is 35.7 Å². The van der Waals surface area contributed by atoms with Gasteiger partial charge in [-0.05, 0) is 43.1 Å². The van der Waals surface area contributed by atoms with Crippen molar-refractivity contribution in [2.24, 2.45) is 0 Å². The number of carbonyl (C=O) groups is 2. The van der Waals surface area contributed by atoms with E-state index in [0.717, 1.165) is 5.56 Å². The summed E-state index contributed by atoms with van der Waals surface area (Å²) < 4.78 is 35.0. The number of halogens is 2. The number of ether oxygens (including phenoxy) is 2. The van der Waals surface area contributed by atoms with Gasteiger partial charge in [0.1, 0.15) is 0 Å². The summed E-state index contributed by atoms with van der Waals surface area (Å²) in [5.41, 5.74) is 0.816. The highest BCUT2D eigenvalue weighted by Crippen LogP contribution is 2.30. The molecular formula is C22H27F2N3O4S. The Labute approximate surface area is 190 Å². The second-order valence-electron chi connectivity index (χ2n) is 7.42. The van der Waals surface area contributed by atoms with Crippen molar-refractivity contribution in [3.63, 3.8) is 0 Å². The van der Waals surface area contributed by atoms with Gasteiger partial charge in [0.2, 0.25) is 5.91 Å². The van der Waals surface area contributed by atoms with Crippen molar-refractivity contribution in [1.82, 2.24) is 14.7 Å². The van der Waals surface area contributed by atoms with Crippen LogP contribution in [-0.2, 0) is 11.3 Å². The van der Waals surface area contributed by atoms with Crippen molar-refractivity contribution in [3.8, 4) is 11.5 Å². The molecule has 2 amide bonds. The molecule has 174 valence electrons. The number of benzene rings is 1. The molecule has 3 rings (SSSR count). The Morgan fingerprint density at radius 2 is 1.84 bits per heavy atom. The van der Waals surface area contributed by atoms with Crippen molar-refractivity contribution in [1.29, 1.82) is 0 Å². The summed E-state index contributed by atoms with van der Waals surface area (Å²) in [5.74, 6) is 0.225. The van der Waals surface area contributed by atoms with E-state index in [9.17, 15) is 18.4 Å². The second kappa shape index (κ2) is 11.2. The zero-order chi connectivity index (χ0) is 23.1. The number of carbonyl (C=O) groups excluding carboxylic acids is 2. The predicted molar refractivity (Wildman–Crippen MR) is 117 cm³/mol. The van der Waals surface area contributed by atoms with Gasteiger partial charge in [-0.15, -0.1) is 11.3 Å². The Kier molecular flexibility index (Phi) is 8.40. The van der Waals surface area contributed by atoms with Crippen LogP contribution in [0.4, 0.5) is 8.78 Å². The van der Waals surface area contributed by atoms with Crippen LogP contribution in [0.1, 0.15) is 22.2 Å². The minimum absolute atomic E-state index is 0.00795. The molecule has 7 nitrogen and oxygen atoms in total. The molecular weight excluding hydrogens is 440 g/mol. The highest BCUT2D eigenvalue weighted by Gasteiger charge is 2.25. The average molecular weight is 468 g/mol. The lowest BCUT2D eigenvalue weighted by atomic mass is 10.2. The summed E-state index contributed by atoms with van der Waals surface area (Å²) in [7, 11) is 1.82. The van der Waals surface area contributed by atoms with Crippen LogP contribution >= 0.6 is 11.3 Å². The highest BCUT2D eigenvalue weighted by molar-refractivity contribution is 7.12. The normalized spacial score (nSPS) is 14.2. The molecule has 0 radical (unpaired) electrons. The van der Waals surface area contributed by atoms with Gasteiger partial charge in [-0.25, -0.2) is 0 Å². The van der Waals surface area contributed by atoms with Crippen molar-refractivity contribution >= 4 is 23.2 Å². The number of nitrogens with zero attached hydrogens (tertiary/aromatic N) is 3. The molecule has 1 saturated heterocycles. The van der Waals surface area contributed by atoms with Crippen LogP contribution in [0.25, 0.3) is 0 Å². The van der Waals surface area contributed by atoms with E-state index in [4.69, 9.17) is 4.74 Å². The van der Waals surface area contributed by atoms with E-state index in [1.807, 2.05) is 29.5 Å². The van der Waals surface area contributed by atoms with Crippen LogP contribution in [0.5, 0.6) is 11.5 Å². The minimum atomic E-state index is -2.93. The largest absolute Gasteiger partial charge is 0.490 e. The molecule has 0 saturated carbocycles. The standard InChI is InChI=1S/C22H27F2N3O4S/c1-3-30-18-13-16(6-7-17(18)31-22(23)24)14-25(2)15-20(28)26-8-10-27(11-9-26)21(29)19-5-4-12-32-19/h4-7,12-13,22H,3,8-11,14-15H2,1-2H3. The predicted octanol–water partition coefficient (Wildman–Crippen LogP) is 3.16. The van der Waals surface area contributed by atoms with Crippen LogP contribution < -0.4 is 9.47 Å². The molecule has 0 bridgehead atoms. The summed E-state index contributed by atoms with van der Waals surface area (Å²) in [6.45, 7) is 1.81. The topological polar surface area (TPSA) is 62.3 Å². The molecule has 1 fully saturated rings. The number of likely N-dealkylation sites (N-methyl/N-ethyl adjacent to an activating group) is 1. The van der Waals surface area contributed by atoms with Crippen LogP contribution in [0.3, 0.4) is 0 Å². The maximum Gasteiger partial charge on any atom is 0.387 e. The van der Waals surface area contributed by atoms with Crippen molar-refractivity contribution < 1.29 is 27.8 Å². The summed E-state index contributed by atoms with van der Waals surface area (Å²) in [6, 6.07) is 8.44. The number of amides is 2. The van der Waals surface area contributed by atoms with Crippen molar-refractivity contribution in [2.75, 3.05) is 46.4 Å². The Balaban J connectivity index is 1.50. The van der Waals surface area contributed by atoms with Gasteiger partial charge in [-0.1, -0.05) is 12.1 Å². The summed E-state index contributed by atoms with van der Waals surface area (Å²) in [4.78, 5) is 31.2. The van der Waals surface area contributed by atoms with Gasteiger partial charge >= 0.3 is 6.61 Å². The number of thiophene rings is 1. The number of alkyl halides is 2. The first-order valence-corrected chi connectivity index (χ1v) is 11.2. The smallest absolute Gasteiger partial charge is 0.387 e. The fourth-order valence-electron chi connectivity index (χ4n) is 3.53. The van der Waals surface area contributed by atoms with Crippen molar-refractivity contribution in [2.45, 2.75) is 20.1 Å². The van der Waals surface area contributed by atoms with Crippen LogP contribution in [0.2, 0.25) is 0 Å².